The molecule has 0 spiro atoms. The third kappa shape index (κ3) is 7.39. The fraction of sp³-hybridized carbons (Fsp3) is 0.263. The molecule has 0 heterocycles. The van der Waals surface area contributed by atoms with E-state index in [4.69, 9.17) is 5.73 Å². The van der Waals surface area contributed by atoms with Gasteiger partial charge in [-0.3, -0.25) is 9.59 Å². The summed E-state index contributed by atoms with van der Waals surface area (Å²) >= 11 is 0. The molecule has 0 aliphatic rings. The zero-order valence-electron chi connectivity index (χ0n) is 14.0. The lowest BCUT2D eigenvalue weighted by Crippen LogP contribution is -2.10. The highest BCUT2D eigenvalue weighted by atomic mass is 16.1. The molecule has 2 aromatic rings. The minimum atomic E-state index is -0.372. The number of carbonyl (C=O) groups is 2. The molecule has 22 heavy (non-hydrogen) atoms. The van der Waals surface area contributed by atoms with E-state index in [1.54, 1.807) is 19.1 Å². The number of hydrogen-bond donors (Lipinski definition) is 1. The highest BCUT2D eigenvalue weighted by molar-refractivity contribution is 5.94. The third-order valence-electron chi connectivity index (χ3n) is 2.76. The lowest BCUT2D eigenvalue weighted by molar-refractivity contribution is 0.0996. The highest BCUT2D eigenvalue weighted by Gasteiger charge is 1.97. The summed E-state index contributed by atoms with van der Waals surface area (Å²) in [6, 6.07) is 14.8. The van der Waals surface area contributed by atoms with Crippen molar-refractivity contribution < 1.29 is 9.59 Å². The first-order valence-corrected chi connectivity index (χ1v) is 7.34. The van der Waals surface area contributed by atoms with E-state index in [0.717, 1.165) is 11.1 Å². The molecule has 0 aromatic heterocycles. The minimum Gasteiger partial charge on any atom is -0.366 e. The average Bonchev–Trinajstić information content (AvgIpc) is 2.50. The Morgan fingerprint density at radius 2 is 1.36 bits per heavy atom. The Bertz CT molecular complexity index is 601. The van der Waals surface area contributed by atoms with Gasteiger partial charge in [0.2, 0.25) is 5.91 Å². The van der Waals surface area contributed by atoms with Crippen LogP contribution in [0.15, 0.2) is 48.5 Å². The number of ketones is 1. The van der Waals surface area contributed by atoms with Gasteiger partial charge in [-0.25, -0.2) is 0 Å². The number of benzene rings is 2. The summed E-state index contributed by atoms with van der Waals surface area (Å²) in [5.41, 5.74) is 8.63. The molecule has 2 N–H and O–H groups in total. The largest absolute Gasteiger partial charge is 0.366 e. The third-order valence-corrected chi connectivity index (χ3v) is 2.76. The van der Waals surface area contributed by atoms with E-state index in [0.29, 0.717) is 5.56 Å². The number of aryl methyl sites for hydroxylation is 2. The molecule has 0 saturated heterocycles. The van der Waals surface area contributed by atoms with Crippen molar-refractivity contribution in [3.8, 4) is 0 Å². The Kier molecular flexibility index (Phi) is 9.19. The number of Topliss-reactive ketones (excluding diaryl/α,β-unsaturated/α-hetero) is 1. The molecule has 2 aromatic carbocycles. The molecule has 2 rings (SSSR count). The Balaban J connectivity index is 0.000000360. The average molecular weight is 299 g/mol. The Morgan fingerprint density at radius 3 is 1.73 bits per heavy atom. The lowest BCUT2D eigenvalue weighted by Gasteiger charge is -1.94. The van der Waals surface area contributed by atoms with Crippen LogP contribution in [0.25, 0.3) is 0 Å². The molecule has 0 saturated carbocycles. The van der Waals surface area contributed by atoms with Crippen molar-refractivity contribution in [1.82, 2.24) is 0 Å². The van der Waals surface area contributed by atoms with Crippen LogP contribution in [0.4, 0.5) is 0 Å². The highest BCUT2D eigenvalue weighted by Crippen LogP contribution is 2.03. The van der Waals surface area contributed by atoms with Crippen molar-refractivity contribution >= 4 is 11.7 Å². The summed E-state index contributed by atoms with van der Waals surface area (Å²) in [4.78, 5) is 21.3. The Labute approximate surface area is 133 Å². The number of primary amides is 1. The molecule has 0 radical (unpaired) electrons. The van der Waals surface area contributed by atoms with Crippen molar-refractivity contribution in [3.63, 3.8) is 0 Å². The SMILES string of the molecule is CC.CC(=O)c1ccc(C)cc1.Cc1cccc(C(N)=O)c1. The summed E-state index contributed by atoms with van der Waals surface area (Å²) in [6.45, 7) is 9.50. The molecular formula is C19H25NO2. The van der Waals surface area contributed by atoms with Crippen molar-refractivity contribution in [3.05, 3.63) is 70.8 Å². The van der Waals surface area contributed by atoms with Crippen LogP contribution >= 0.6 is 0 Å². The van der Waals surface area contributed by atoms with E-state index >= 15 is 0 Å². The molecule has 3 nitrogen and oxygen atoms in total. The number of amides is 1. The number of nitrogens with two attached hydrogens (primary N) is 1. The van der Waals surface area contributed by atoms with Gasteiger partial charge >= 0.3 is 0 Å². The summed E-state index contributed by atoms with van der Waals surface area (Å²) < 4.78 is 0. The number of rotatable bonds is 2. The monoisotopic (exact) mass is 299 g/mol. The predicted octanol–water partition coefficient (Wildman–Crippen LogP) is 4.32. The molecule has 0 fully saturated rings. The first kappa shape index (κ1) is 19.6. The second-order valence-electron chi connectivity index (χ2n) is 4.66. The van der Waals surface area contributed by atoms with Crippen LogP contribution < -0.4 is 5.73 Å². The second-order valence-corrected chi connectivity index (χ2v) is 4.66. The van der Waals surface area contributed by atoms with Crippen molar-refractivity contribution in [2.45, 2.75) is 34.6 Å². The summed E-state index contributed by atoms with van der Waals surface area (Å²) in [5, 5.41) is 0. The molecule has 3 heteroatoms. The molecule has 0 atom stereocenters. The van der Waals surface area contributed by atoms with Gasteiger partial charge in [0.25, 0.3) is 0 Å². The van der Waals surface area contributed by atoms with Crippen LogP contribution in [-0.2, 0) is 0 Å². The van der Waals surface area contributed by atoms with E-state index in [1.165, 1.54) is 5.56 Å². The maximum absolute atomic E-state index is 10.8. The molecule has 0 unspecified atom stereocenters. The van der Waals surface area contributed by atoms with Crippen LogP contribution in [0.3, 0.4) is 0 Å². The van der Waals surface area contributed by atoms with Gasteiger partial charge in [-0.05, 0) is 32.9 Å². The van der Waals surface area contributed by atoms with Crippen LogP contribution in [0.2, 0.25) is 0 Å². The molecular weight excluding hydrogens is 274 g/mol. The normalized spacial score (nSPS) is 8.77. The zero-order chi connectivity index (χ0) is 17.1. The van der Waals surface area contributed by atoms with Crippen LogP contribution in [0, 0.1) is 13.8 Å². The smallest absolute Gasteiger partial charge is 0.248 e. The van der Waals surface area contributed by atoms with Crippen LogP contribution in [0.1, 0.15) is 52.6 Å². The van der Waals surface area contributed by atoms with Gasteiger partial charge in [0, 0.05) is 11.1 Å². The summed E-state index contributed by atoms with van der Waals surface area (Å²) in [6.07, 6.45) is 0. The van der Waals surface area contributed by atoms with Gasteiger partial charge in [0.1, 0.15) is 0 Å². The lowest BCUT2D eigenvalue weighted by atomic mass is 10.1. The fourth-order valence-corrected chi connectivity index (χ4v) is 1.59. The molecule has 0 aliphatic carbocycles. The predicted molar refractivity (Wildman–Crippen MR) is 92.2 cm³/mol. The maximum Gasteiger partial charge on any atom is 0.248 e. The van der Waals surface area contributed by atoms with Gasteiger partial charge in [-0.15, -0.1) is 0 Å². The molecule has 118 valence electrons. The van der Waals surface area contributed by atoms with E-state index in [1.807, 2.05) is 64.1 Å². The fourth-order valence-electron chi connectivity index (χ4n) is 1.59. The number of hydrogen-bond acceptors (Lipinski definition) is 2. The quantitative estimate of drug-likeness (QED) is 0.840. The maximum atomic E-state index is 10.8. The standard InChI is InChI=1S/C9H10O.C8H9NO.C2H6/c1-7-3-5-9(6-4-7)8(2)10;1-6-3-2-4-7(5-6)8(9)10;1-2/h3-6H,1-2H3;2-5H,1H3,(H2,9,10);1-2H3. The molecule has 1 amide bonds. The van der Waals surface area contributed by atoms with Gasteiger partial charge in [-0.2, -0.15) is 0 Å². The minimum absolute atomic E-state index is 0.125. The van der Waals surface area contributed by atoms with E-state index in [-0.39, 0.29) is 11.7 Å². The first-order valence-electron chi connectivity index (χ1n) is 7.34. The molecule has 0 bridgehead atoms. The van der Waals surface area contributed by atoms with Crippen molar-refractivity contribution in [2.75, 3.05) is 0 Å². The van der Waals surface area contributed by atoms with Crippen LogP contribution in [-0.4, -0.2) is 11.7 Å². The first-order chi connectivity index (χ1) is 10.4. The number of carbonyl (C=O) groups excluding carboxylic acids is 2. The van der Waals surface area contributed by atoms with Gasteiger partial charge in [0.15, 0.2) is 5.78 Å². The van der Waals surface area contributed by atoms with Gasteiger partial charge in [0.05, 0.1) is 0 Å². The van der Waals surface area contributed by atoms with E-state index in [9.17, 15) is 9.59 Å². The summed E-state index contributed by atoms with van der Waals surface area (Å²) in [7, 11) is 0. The Hall–Kier alpha value is -2.42. The van der Waals surface area contributed by atoms with E-state index in [2.05, 4.69) is 0 Å². The summed E-state index contributed by atoms with van der Waals surface area (Å²) in [5.74, 6) is -0.247. The van der Waals surface area contributed by atoms with Gasteiger partial charge in [-0.1, -0.05) is 61.4 Å². The van der Waals surface area contributed by atoms with Crippen molar-refractivity contribution in [1.29, 1.82) is 0 Å². The second kappa shape index (κ2) is 10.3. The van der Waals surface area contributed by atoms with Crippen LogP contribution in [0.5, 0.6) is 0 Å². The van der Waals surface area contributed by atoms with Crippen molar-refractivity contribution in [2.24, 2.45) is 5.73 Å². The zero-order valence-corrected chi connectivity index (χ0v) is 14.0. The Morgan fingerprint density at radius 1 is 0.818 bits per heavy atom. The topological polar surface area (TPSA) is 60.2 Å². The van der Waals surface area contributed by atoms with E-state index < -0.39 is 0 Å². The molecule has 0 aliphatic heterocycles. The van der Waals surface area contributed by atoms with Gasteiger partial charge < -0.3 is 5.73 Å².